The average molecular weight is 404 g/mol. The SMILES string of the molecule is CCCCC12CCN(C)C(Cc3ccc(OC(=O)/C=C/c4ccccc4)cc31)C2C. The quantitative estimate of drug-likeness (QED) is 0.356. The van der Waals surface area contributed by atoms with Crippen LogP contribution in [0.3, 0.4) is 0 Å². The number of likely N-dealkylation sites (tertiary alicyclic amines) is 1. The number of ether oxygens (including phenoxy) is 1. The molecule has 3 atom stereocenters. The predicted octanol–water partition coefficient (Wildman–Crippen LogP) is 5.63. The van der Waals surface area contributed by atoms with Crippen LogP contribution in [0.25, 0.3) is 6.08 Å². The summed E-state index contributed by atoms with van der Waals surface area (Å²) in [4.78, 5) is 15.0. The zero-order valence-electron chi connectivity index (χ0n) is 18.4. The molecule has 0 N–H and O–H groups in total. The van der Waals surface area contributed by atoms with Crippen molar-refractivity contribution in [2.24, 2.45) is 5.92 Å². The molecule has 0 radical (unpaired) electrons. The second kappa shape index (κ2) is 8.77. The Bertz CT molecular complexity index is 916. The van der Waals surface area contributed by atoms with Crippen molar-refractivity contribution in [3.63, 3.8) is 0 Å². The van der Waals surface area contributed by atoms with E-state index in [0.29, 0.717) is 17.7 Å². The van der Waals surface area contributed by atoms with Gasteiger partial charge in [-0.1, -0.05) is 63.1 Å². The predicted molar refractivity (Wildman–Crippen MR) is 123 cm³/mol. The molecule has 1 aliphatic carbocycles. The number of piperidine rings is 1. The van der Waals surface area contributed by atoms with Gasteiger partial charge in [0.1, 0.15) is 5.75 Å². The fourth-order valence-electron chi connectivity index (χ4n) is 5.58. The maximum absolute atomic E-state index is 12.4. The van der Waals surface area contributed by atoms with Gasteiger partial charge in [0.25, 0.3) is 0 Å². The van der Waals surface area contributed by atoms with Crippen molar-refractivity contribution in [2.45, 2.75) is 57.4 Å². The molecule has 3 unspecified atom stereocenters. The van der Waals surface area contributed by atoms with E-state index in [4.69, 9.17) is 4.74 Å². The minimum atomic E-state index is -0.327. The maximum Gasteiger partial charge on any atom is 0.336 e. The largest absolute Gasteiger partial charge is 0.423 e. The Morgan fingerprint density at radius 2 is 2.03 bits per heavy atom. The molecular weight excluding hydrogens is 370 g/mol. The average Bonchev–Trinajstić information content (AvgIpc) is 2.76. The molecule has 1 saturated heterocycles. The van der Waals surface area contributed by atoms with E-state index in [1.54, 1.807) is 6.08 Å². The van der Waals surface area contributed by atoms with Crippen molar-refractivity contribution in [1.29, 1.82) is 0 Å². The highest BCUT2D eigenvalue weighted by molar-refractivity contribution is 5.88. The molecule has 0 spiro atoms. The zero-order valence-corrected chi connectivity index (χ0v) is 18.4. The van der Waals surface area contributed by atoms with Gasteiger partial charge < -0.3 is 9.64 Å². The van der Waals surface area contributed by atoms with Crippen LogP contribution in [0.15, 0.2) is 54.6 Å². The number of nitrogens with zero attached hydrogens (tertiary/aromatic N) is 1. The van der Waals surface area contributed by atoms with Crippen LogP contribution in [-0.4, -0.2) is 30.5 Å². The first-order valence-electron chi connectivity index (χ1n) is 11.3. The van der Waals surface area contributed by atoms with Gasteiger partial charge in [-0.25, -0.2) is 4.79 Å². The fraction of sp³-hybridized carbons (Fsp3) is 0.444. The van der Waals surface area contributed by atoms with E-state index in [-0.39, 0.29) is 11.4 Å². The van der Waals surface area contributed by atoms with Gasteiger partial charge in [-0.15, -0.1) is 0 Å². The highest BCUT2D eigenvalue weighted by atomic mass is 16.5. The Balaban J connectivity index is 1.59. The number of hydrogen-bond acceptors (Lipinski definition) is 3. The van der Waals surface area contributed by atoms with Crippen LogP contribution < -0.4 is 4.74 Å². The van der Waals surface area contributed by atoms with E-state index >= 15 is 0 Å². The van der Waals surface area contributed by atoms with Gasteiger partial charge in [0, 0.05) is 17.5 Å². The molecule has 4 rings (SSSR count). The van der Waals surface area contributed by atoms with Crippen LogP contribution in [-0.2, 0) is 16.6 Å². The number of likely N-dealkylation sites (N-methyl/N-ethyl adjacent to an activating group) is 1. The summed E-state index contributed by atoms with van der Waals surface area (Å²) in [5, 5.41) is 0. The first kappa shape index (κ1) is 20.9. The lowest BCUT2D eigenvalue weighted by atomic mass is 9.56. The number of esters is 1. The Labute approximate surface area is 180 Å². The van der Waals surface area contributed by atoms with E-state index in [1.165, 1.54) is 42.9 Å². The molecule has 2 aliphatic rings. The summed E-state index contributed by atoms with van der Waals surface area (Å²) >= 11 is 0. The van der Waals surface area contributed by atoms with Crippen molar-refractivity contribution in [1.82, 2.24) is 4.90 Å². The zero-order chi connectivity index (χ0) is 21.1. The molecule has 1 heterocycles. The molecule has 3 nitrogen and oxygen atoms in total. The minimum absolute atomic E-state index is 0.197. The molecule has 2 bridgehead atoms. The van der Waals surface area contributed by atoms with Crippen molar-refractivity contribution >= 4 is 12.0 Å². The van der Waals surface area contributed by atoms with Crippen LogP contribution in [0.2, 0.25) is 0 Å². The topological polar surface area (TPSA) is 29.5 Å². The Hall–Kier alpha value is -2.39. The lowest BCUT2D eigenvalue weighted by Crippen LogP contribution is -2.57. The van der Waals surface area contributed by atoms with E-state index in [0.717, 1.165) is 18.5 Å². The second-order valence-electron chi connectivity index (χ2n) is 9.03. The van der Waals surface area contributed by atoms with Crippen molar-refractivity contribution in [3.05, 3.63) is 71.3 Å². The van der Waals surface area contributed by atoms with Crippen LogP contribution in [0.5, 0.6) is 5.75 Å². The summed E-state index contributed by atoms with van der Waals surface area (Å²) in [5.74, 6) is 0.947. The summed E-state index contributed by atoms with van der Waals surface area (Å²) in [6.07, 6.45) is 9.24. The van der Waals surface area contributed by atoms with Crippen LogP contribution in [0.1, 0.15) is 56.2 Å². The molecule has 158 valence electrons. The third-order valence-corrected chi connectivity index (χ3v) is 7.38. The third kappa shape index (κ3) is 3.96. The summed E-state index contributed by atoms with van der Waals surface area (Å²) in [6.45, 7) is 5.84. The third-order valence-electron chi connectivity index (χ3n) is 7.38. The minimum Gasteiger partial charge on any atom is -0.423 e. The van der Waals surface area contributed by atoms with Gasteiger partial charge in [0.2, 0.25) is 0 Å². The van der Waals surface area contributed by atoms with Crippen LogP contribution in [0, 0.1) is 5.92 Å². The summed E-state index contributed by atoms with van der Waals surface area (Å²) in [5.41, 5.74) is 4.04. The molecule has 1 aliphatic heterocycles. The van der Waals surface area contributed by atoms with E-state index in [2.05, 4.69) is 37.9 Å². The summed E-state index contributed by atoms with van der Waals surface area (Å²) in [7, 11) is 2.27. The molecule has 0 aromatic heterocycles. The first-order valence-corrected chi connectivity index (χ1v) is 11.3. The van der Waals surface area contributed by atoms with Crippen LogP contribution in [0.4, 0.5) is 0 Å². The molecule has 30 heavy (non-hydrogen) atoms. The smallest absolute Gasteiger partial charge is 0.336 e. The van der Waals surface area contributed by atoms with E-state index in [1.807, 2.05) is 36.4 Å². The molecule has 2 aromatic rings. The first-order chi connectivity index (χ1) is 14.5. The molecule has 3 heteroatoms. The van der Waals surface area contributed by atoms with Gasteiger partial charge >= 0.3 is 5.97 Å². The number of unbranched alkanes of at least 4 members (excludes halogenated alkanes) is 1. The van der Waals surface area contributed by atoms with Crippen molar-refractivity contribution < 1.29 is 9.53 Å². The van der Waals surface area contributed by atoms with Gasteiger partial charge in [-0.2, -0.15) is 0 Å². The van der Waals surface area contributed by atoms with Gasteiger partial charge in [0.05, 0.1) is 0 Å². The summed E-state index contributed by atoms with van der Waals surface area (Å²) < 4.78 is 5.71. The molecule has 1 fully saturated rings. The molecular formula is C27H33NO2. The van der Waals surface area contributed by atoms with E-state index in [9.17, 15) is 4.79 Å². The second-order valence-corrected chi connectivity index (χ2v) is 9.03. The molecule has 2 aromatic carbocycles. The Kier molecular flexibility index (Phi) is 6.10. The van der Waals surface area contributed by atoms with Crippen LogP contribution >= 0.6 is 0 Å². The molecule has 0 amide bonds. The Morgan fingerprint density at radius 3 is 2.80 bits per heavy atom. The number of fused-ring (bicyclic) bond motifs is 4. The molecule has 0 saturated carbocycles. The normalized spacial score (nSPS) is 25.8. The van der Waals surface area contributed by atoms with Gasteiger partial charge in [-0.3, -0.25) is 0 Å². The highest BCUT2D eigenvalue weighted by Crippen LogP contribution is 2.52. The Morgan fingerprint density at radius 1 is 1.23 bits per heavy atom. The van der Waals surface area contributed by atoms with E-state index < -0.39 is 0 Å². The number of benzene rings is 2. The highest BCUT2D eigenvalue weighted by Gasteiger charge is 2.49. The fourth-order valence-corrected chi connectivity index (χ4v) is 5.58. The maximum atomic E-state index is 12.4. The lowest BCUT2D eigenvalue weighted by Gasteiger charge is -2.55. The number of carbonyl (C=O) groups is 1. The van der Waals surface area contributed by atoms with Crippen molar-refractivity contribution in [2.75, 3.05) is 13.6 Å². The number of rotatable bonds is 6. The summed E-state index contributed by atoms with van der Waals surface area (Å²) in [6, 6.07) is 16.7. The standard InChI is InChI=1S/C27H33NO2/c1-4-5-15-27-16-17-28(3)25(20(27)2)18-22-12-13-23(19-24(22)27)30-26(29)14-11-21-9-7-6-8-10-21/h6-14,19-20,25H,4-5,15-18H2,1-3H3/b14-11+. The van der Waals surface area contributed by atoms with Gasteiger partial charge in [0.15, 0.2) is 0 Å². The van der Waals surface area contributed by atoms with Crippen molar-refractivity contribution in [3.8, 4) is 5.75 Å². The number of carbonyl (C=O) groups excluding carboxylic acids is 1. The van der Waals surface area contributed by atoms with Gasteiger partial charge in [-0.05, 0) is 73.7 Å². The monoisotopic (exact) mass is 403 g/mol. The lowest BCUT2D eigenvalue weighted by molar-refractivity contribution is -0.128. The number of hydrogen-bond donors (Lipinski definition) is 0.